The van der Waals surface area contributed by atoms with Crippen LogP contribution in [0, 0.1) is 0 Å². The Morgan fingerprint density at radius 3 is 2.76 bits per heavy atom. The molecule has 5 N–H and O–H groups in total. The predicted octanol–water partition coefficient (Wildman–Crippen LogP) is -2.01. The van der Waals surface area contributed by atoms with E-state index < -0.39 is 31.1 Å². The van der Waals surface area contributed by atoms with Gasteiger partial charge in [0.1, 0.15) is 35.8 Å². The van der Waals surface area contributed by atoms with Crippen LogP contribution in [0.3, 0.4) is 0 Å². The fourth-order valence-electron chi connectivity index (χ4n) is 2.44. The molecule has 2 aromatic heterocycles. The van der Waals surface area contributed by atoms with E-state index >= 15 is 0 Å². The number of nitrogens with zero attached hydrogens (tertiary/aromatic N) is 3. The summed E-state index contributed by atoms with van der Waals surface area (Å²) in [6, 6.07) is 1.25. The highest BCUT2D eigenvalue weighted by molar-refractivity contribution is 5.84. The summed E-state index contributed by atoms with van der Waals surface area (Å²) in [5, 5.41) is 29.1. The lowest BCUT2D eigenvalue weighted by molar-refractivity contribution is -0.0511. The lowest BCUT2D eigenvalue weighted by Crippen LogP contribution is -2.33. The second kappa shape index (κ2) is 5.04. The van der Waals surface area contributed by atoms with Gasteiger partial charge in [0.25, 0.3) is 0 Å². The largest absolute Gasteiger partial charge is 0.394 e. The number of aliphatic hydroxyl groups excluding tert-OH is 3. The monoisotopic (exact) mass is 294 g/mol. The summed E-state index contributed by atoms with van der Waals surface area (Å²) in [6.45, 7) is -0.440. The number of nitrogens with two attached hydrogens (primary N) is 1. The molecule has 3 heterocycles. The normalized spacial score (nSPS) is 29.1. The molecule has 112 valence electrons. The minimum absolute atomic E-state index is 0.0195. The maximum absolute atomic E-state index is 11.9. The third kappa shape index (κ3) is 2.07. The number of hydrogen-bond acceptors (Lipinski definition) is 8. The Morgan fingerprint density at radius 1 is 1.33 bits per heavy atom. The third-order valence-corrected chi connectivity index (χ3v) is 3.53. The predicted molar refractivity (Wildman–Crippen MR) is 71.2 cm³/mol. The standard InChI is InChI=1S/C12H14N4O5/c13-10-7-5(18)1-2-16(11(7)15-4-14-10)12-9(20)8(19)6(3-17)21-12/h1-2,4,6,8-9,12,17,19-20H,3H2,(H2,13,14,15)/t6-,8-,9-,12-/m1/s1. The van der Waals surface area contributed by atoms with Gasteiger partial charge in [-0.25, -0.2) is 9.97 Å². The first-order valence-electron chi connectivity index (χ1n) is 6.28. The Labute approximate surface area is 118 Å². The zero-order chi connectivity index (χ0) is 15.1. The van der Waals surface area contributed by atoms with Crippen LogP contribution in [-0.2, 0) is 4.74 Å². The molecule has 0 radical (unpaired) electrons. The smallest absolute Gasteiger partial charge is 0.194 e. The Hall–Kier alpha value is -2.07. The molecule has 1 aliphatic rings. The SMILES string of the molecule is Nc1ncnc2c1c(=O)ccn2[C@@H]1O[C@H](CO)[C@@H](O)[C@H]1O. The summed E-state index contributed by atoms with van der Waals surface area (Å²) in [5.74, 6) is 0.0195. The Bertz CT molecular complexity index is 733. The molecular formula is C12H14N4O5. The van der Waals surface area contributed by atoms with E-state index in [1.807, 2.05) is 0 Å². The van der Waals surface area contributed by atoms with E-state index in [1.54, 1.807) is 0 Å². The van der Waals surface area contributed by atoms with E-state index in [0.29, 0.717) is 0 Å². The summed E-state index contributed by atoms with van der Waals surface area (Å²) < 4.78 is 6.81. The number of hydrogen-bond donors (Lipinski definition) is 4. The first-order valence-corrected chi connectivity index (χ1v) is 6.28. The summed E-state index contributed by atoms with van der Waals surface area (Å²) in [6.07, 6.45) is -1.85. The lowest BCUT2D eigenvalue weighted by Gasteiger charge is -2.20. The van der Waals surface area contributed by atoms with Crippen LogP contribution in [0.15, 0.2) is 23.4 Å². The van der Waals surface area contributed by atoms with E-state index in [4.69, 9.17) is 15.6 Å². The van der Waals surface area contributed by atoms with Crippen molar-refractivity contribution in [2.75, 3.05) is 12.3 Å². The van der Waals surface area contributed by atoms with Crippen molar-refractivity contribution in [2.24, 2.45) is 0 Å². The lowest BCUT2D eigenvalue weighted by atomic mass is 10.1. The number of pyridine rings is 1. The zero-order valence-electron chi connectivity index (χ0n) is 10.8. The quantitative estimate of drug-likeness (QED) is 0.497. The van der Waals surface area contributed by atoms with Gasteiger partial charge in [-0.3, -0.25) is 4.79 Å². The van der Waals surface area contributed by atoms with E-state index in [2.05, 4.69) is 9.97 Å². The third-order valence-electron chi connectivity index (χ3n) is 3.53. The van der Waals surface area contributed by atoms with Crippen molar-refractivity contribution in [1.82, 2.24) is 14.5 Å². The average Bonchev–Trinajstić information content (AvgIpc) is 2.76. The molecule has 9 heteroatoms. The highest BCUT2D eigenvalue weighted by Gasteiger charge is 2.43. The second-order valence-electron chi connectivity index (χ2n) is 4.77. The molecule has 0 unspecified atom stereocenters. The minimum Gasteiger partial charge on any atom is -0.394 e. The maximum Gasteiger partial charge on any atom is 0.194 e. The summed E-state index contributed by atoms with van der Waals surface area (Å²) >= 11 is 0. The minimum atomic E-state index is -1.27. The van der Waals surface area contributed by atoms with Crippen molar-refractivity contribution in [3.63, 3.8) is 0 Å². The maximum atomic E-state index is 11.9. The van der Waals surface area contributed by atoms with Gasteiger partial charge in [-0.1, -0.05) is 0 Å². The molecule has 0 saturated carbocycles. The van der Waals surface area contributed by atoms with Crippen molar-refractivity contribution in [1.29, 1.82) is 0 Å². The van der Waals surface area contributed by atoms with Gasteiger partial charge in [0.05, 0.1) is 6.61 Å². The highest BCUT2D eigenvalue weighted by Crippen LogP contribution is 2.30. The van der Waals surface area contributed by atoms with E-state index in [9.17, 15) is 15.0 Å². The molecule has 0 aliphatic carbocycles. The topological polar surface area (TPSA) is 144 Å². The van der Waals surface area contributed by atoms with Gasteiger partial charge < -0.3 is 30.4 Å². The van der Waals surface area contributed by atoms with Crippen LogP contribution in [0.1, 0.15) is 6.23 Å². The van der Waals surface area contributed by atoms with E-state index in [1.165, 1.54) is 23.2 Å². The van der Waals surface area contributed by atoms with Crippen LogP contribution in [-0.4, -0.2) is 54.8 Å². The van der Waals surface area contributed by atoms with Gasteiger partial charge in [0, 0.05) is 12.3 Å². The summed E-state index contributed by atoms with van der Waals surface area (Å²) in [5.41, 5.74) is 5.51. The number of fused-ring (bicyclic) bond motifs is 1. The highest BCUT2D eigenvalue weighted by atomic mass is 16.6. The molecule has 1 aliphatic heterocycles. The Balaban J connectivity index is 2.16. The molecule has 1 fully saturated rings. The summed E-state index contributed by atoms with van der Waals surface area (Å²) in [7, 11) is 0. The van der Waals surface area contributed by atoms with Gasteiger partial charge in [-0.2, -0.15) is 0 Å². The van der Waals surface area contributed by atoms with Crippen LogP contribution in [0.5, 0.6) is 0 Å². The van der Waals surface area contributed by atoms with Crippen molar-refractivity contribution >= 4 is 16.9 Å². The molecule has 0 amide bonds. The van der Waals surface area contributed by atoms with E-state index in [-0.39, 0.29) is 22.3 Å². The molecule has 21 heavy (non-hydrogen) atoms. The van der Waals surface area contributed by atoms with Crippen molar-refractivity contribution < 1.29 is 20.1 Å². The number of ether oxygens (including phenoxy) is 1. The first kappa shape index (κ1) is 13.9. The molecule has 2 aromatic rings. The van der Waals surface area contributed by atoms with Gasteiger partial charge in [-0.05, 0) is 0 Å². The molecule has 0 bridgehead atoms. The molecule has 0 spiro atoms. The van der Waals surface area contributed by atoms with Crippen LogP contribution in [0.4, 0.5) is 5.82 Å². The van der Waals surface area contributed by atoms with Crippen LogP contribution in [0.2, 0.25) is 0 Å². The Morgan fingerprint density at radius 2 is 2.10 bits per heavy atom. The van der Waals surface area contributed by atoms with Crippen molar-refractivity contribution in [2.45, 2.75) is 24.5 Å². The van der Waals surface area contributed by atoms with Crippen LogP contribution in [0.25, 0.3) is 11.0 Å². The fourth-order valence-corrected chi connectivity index (χ4v) is 2.44. The Kier molecular flexibility index (Phi) is 3.33. The van der Waals surface area contributed by atoms with Crippen LogP contribution >= 0.6 is 0 Å². The van der Waals surface area contributed by atoms with Gasteiger partial charge in [0.15, 0.2) is 17.3 Å². The van der Waals surface area contributed by atoms with Crippen LogP contribution < -0.4 is 11.2 Å². The number of rotatable bonds is 2. The number of anilines is 1. The van der Waals surface area contributed by atoms with E-state index in [0.717, 1.165) is 0 Å². The zero-order valence-corrected chi connectivity index (χ0v) is 10.8. The first-order chi connectivity index (χ1) is 10.0. The number of nitrogen functional groups attached to an aromatic ring is 1. The molecule has 4 atom stereocenters. The summed E-state index contributed by atoms with van der Waals surface area (Å²) in [4.78, 5) is 19.6. The average molecular weight is 294 g/mol. The molecule has 3 rings (SSSR count). The van der Waals surface area contributed by atoms with Gasteiger partial charge in [-0.15, -0.1) is 0 Å². The molecule has 1 saturated heterocycles. The van der Waals surface area contributed by atoms with Crippen molar-refractivity contribution in [3.8, 4) is 0 Å². The molecule has 0 aromatic carbocycles. The molecule has 9 nitrogen and oxygen atoms in total. The second-order valence-corrected chi connectivity index (χ2v) is 4.77. The van der Waals surface area contributed by atoms with Gasteiger partial charge in [0.2, 0.25) is 0 Å². The molecular weight excluding hydrogens is 280 g/mol. The number of aromatic nitrogens is 3. The van der Waals surface area contributed by atoms with Gasteiger partial charge >= 0.3 is 0 Å². The van der Waals surface area contributed by atoms with Crippen molar-refractivity contribution in [3.05, 3.63) is 28.8 Å². The fraction of sp³-hybridized carbons (Fsp3) is 0.417. The number of aliphatic hydroxyl groups is 3.